The lowest BCUT2D eigenvalue weighted by Crippen LogP contribution is -2.37. The fourth-order valence-electron chi connectivity index (χ4n) is 2.26. The number of primary amides is 1. The Hall–Kier alpha value is -1.60. The third kappa shape index (κ3) is 2.71. The van der Waals surface area contributed by atoms with Crippen LogP contribution in [0.25, 0.3) is 0 Å². The quantitative estimate of drug-likeness (QED) is 0.752. The summed E-state index contributed by atoms with van der Waals surface area (Å²) in [6, 6.07) is 3.97. The van der Waals surface area contributed by atoms with Crippen molar-refractivity contribution >= 4 is 33.5 Å². The summed E-state index contributed by atoms with van der Waals surface area (Å²) in [5.41, 5.74) is 5.96. The standard InChI is InChI=1S/C12H13BrN2O4/c13-6-1-2-8(11(14)17)9(3-6)15-5-7(16)4-10(15)12(18)19/h1-3,7,10,16H,4-5H2,(H2,14,17)(H,18,19). The van der Waals surface area contributed by atoms with Gasteiger partial charge in [0.05, 0.1) is 17.4 Å². The van der Waals surface area contributed by atoms with Crippen LogP contribution >= 0.6 is 15.9 Å². The smallest absolute Gasteiger partial charge is 0.326 e. The lowest BCUT2D eigenvalue weighted by atomic mass is 10.1. The molecule has 0 saturated carbocycles. The van der Waals surface area contributed by atoms with Crippen molar-refractivity contribution in [2.24, 2.45) is 5.73 Å². The number of carboxylic acids is 1. The van der Waals surface area contributed by atoms with Gasteiger partial charge >= 0.3 is 5.97 Å². The maximum absolute atomic E-state index is 11.4. The van der Waals surface area contributed by atoms with E-state index in [0.717, 1.165) is 0 Å². The van der Waals surface area contributed by atoms with Crippen molar-refractivity contribution in [2.75, 3.05) is 11.4 Å². The number of benzene rings is 1. The predicted molar refractivity (Wildman–Crippen MR) is 72.1 cm³/mol. The molecule has 0 aliphatic carbocycles. The molecule has 2 rings (SSSR count). The van der Waals surface area contributed by atoms with Gasteiger partial charge in [-0.25, -0.2) is 4.79 Å². The van der Waals surface area contributed by atoms with Crippen LogP contribution in [-0.2, 0) is 4.79 Å². The van der Waals surface area contributed by atoms with Crippen LogP contribution in [0.2, 0.25) is 0 Å². The zero-order valence-corrected chi connectivity index (χ0v) is 11.5. The number of carboxylic acid groups (broad SMARTS) is 1. The van der Waals surface area contributed by atoms with E-state index in [1.165, 1.54) is 11.0 Å². The molecule has 4 N–H and O–H groups in total. The first-order valence-electron chi connectivity index (χ1n) is 5.67. The lowest BCUT2D eigenvalue weighted by Gasteiger charge is -2.25. The molecule has 1 heterocycles. The van der Waals surface area contributed by atoms with Crippen LogP contribution in [0.15, 0.2) is 22.7 Å². The average molecular weight is 329 g/mol. The molecular weight excluding hydrogens is 316 g/mol. The van der Waals surface area contributed by atoms with Gasteiger partial charge in [0.2, 0.25) is 0 Å². The number of aliphatic hydroxyl groups excluding tert-OH is 1. The zero-order valence-electron chi connectivity index (χ0n) is 9.91. The Kier molecular flexibility index (Phi) is 3.77. The fraction of sp³-hybridized carbons (Fsp3) is 0.333. The van der Waals surface area contributed by atoms with Crippen molar-refractivity contribution in [1.82, 2.24) is 0 Å². The van der Waals surface area contributed by atoms with E-state index in [-0.39, 0.29) is 18.5 Å². The molecule has 1 aromatic rings. The molecule has 19 heavy (non-hydrogen) atoms. The predicted octanol–water partition coefficient (Wildman–Crippen LogP) is 0.572. The highest BCUT2D eigenvalue weighted by molar-refractivity contribution is 9.10. The first-order valence-corrected chi connectivity index (χ1v) is 6.46. The third-order valence-corrected chi connectivity index (χ3v) is 3.59. The SMILES string of the molecule is NC(=O)c1ccc(Br)cc1N1CC(O)CC1C(=O)O. The molecule has 7 heteroatoms. The summed E-state index contributed by atoms with van der Waals surface area (Å²) in [6.07, 6.45) is -0.610. The molecule has 0 bridgehead atoms. The highest BCUT2D eigenvalue weighted by atomic mass is 79.9. The molecule has 1 fully saturated rings. The second-order valence-corrected chi connectivity index (χ2v) is 5.34. The number of carbonyl (C=O) groups excluding carboxylic acids is 1. The minimum Gasteiger partial charge on any atom is -0.480 e. The van der Waals surface area contributed by atoms with Gasteiger partial charge < -0.3 is 20.8 Å². The van der Waals surface area contributed by atoms with E-state index in [2.05, 4.69) is 15.9 Å². The Morgan fingerprint density at radius 3 is 2.68 bits per heavy atom. The van der Waals surface area contributed by atoms with Gasteiger partial charge in [-0.15, -0.1) is 0 Å². The van der Waals surface area contributed by atoms with Crippen molar-refractivity contribution in [3.05, 3.63) is 28.2 Å². The van der Waals surface area contributed by atoms with Gasteiger partial charge in [-0.2, -0.15) is 0 Å². The fourth-order valence-corrected chi connectivity index (χ4v) is 2.61. The summed E-state index contributed by atoms with van der Waals surface area (Å²) in [4.78, 5) is 24.1. The van der Waals surface area contributed by atoms with Crippen LogP contribution in [0.4, 0.5) is 5.69 Å². The molecule has 6 nitrogen and oxygen atoms in total. The Labute approximate surface area is 117 Å². The second-order valence-electron chi connectivity index (χ2n) is 4.42. The van der Waals surface area contributed by atoms with E-state index in [9.17, 15) is 19.8 Å². The molecule has 1 amide bonds. The summed E-state index contributed by atoms with van der Waals surface area (Å²) in [5.74, 6) is -1.67. The Morgan fingerprint density at radius 1 is 1.42 bits per heavy atom. The van der Waals surface area contributed by atoms with Gasteiger partial charge in [0.15, 0.2) is 0 Å². The third-order valence-electron chi connectivity index (χ3n) is 3.10. The Morgan fingerprint density at radius 2 is 2.11 bits per heavy atom. The lowest BCUT2D eigenvalue weighted by molar-refractivity contribution is -0.138. The van der Waals surface area contributed by atoms with E-state index in [1.54, 1.807) is 12.1 Å². The van der Waals surface area contributed by atoms with Crippen LogP contribution in [0.5, 0.6) is 0 Å². The van der Waals surface area contributed by atoms with Crippen molar-refractivity contribution in [1.29, 1.82) is 0 Å². The van der Waals surface area contributed by atoms with E-state index in [0.29, 0.717) is 10.2 Å². The summed E-state index contributed by atoms with van der Waals surface area (Å²) < 4.78 is 0.707. The molecule has 1 aromatic carbocycles. The maximum atomic E-state index is 11.4. The normalized spacial score (nSPS) is 22.5. The molecule has 1 aliphatic rings. The van der Waals surface area contributed by atoms with Crippen molar-refractivity contribution in [2.45, 2.75) is 18.6 Å². The summed E-state index contributed by atoms with van der Waals surface area (Å²) in [5, 5.41) is 18.8. The van der Waals surface area contributed by atoms with Gasteiger partial charge in [-0.3, -0.25) is 4.79 Å². The molecule has 0 radical (unpaired) electrons. The number of hydrogen-bond donors (Lipinski definition) is 3. The molecule has 0 aromatic heterocycles. The van der Waals surface area contributed by atoms with E-state index in [1.807, 2.05) is 0 Å². The van der Waals surface area contributed by atoms with Crippen LogP contribution in [0.1, 0.15) is 16.8 Å². The van der Waals surface area contributed by atoms with Gasteiger partial charge in [0.25, 0.3) is 5.91 Å². The summed E-state index contributed by atoms with van der Waals surface area (Å²) >= 11 is 3.28. The number of halogens is 1. The molecule has 1 saturated heterocycles. The van der Waals surface area contributed by atoms with Crippen LogP contribution in [0.3, 0.4) is 0 Å². The number of rotatable bonds is 3. The highest BCUT2D eigenvalue weighted by Crippen LogP contribution is 2.31. The molecular formula is C12H13BrN2O4. The Bertz CT molecular complexity index is 534. The number of carbonyl (C=O) groups is 2. The van der Waals surface area contributed by atoms with Crippen molar-refractivity contribution in [3.63, 3.8) is 0 Å². The number of anilines is 1. The monoisotopic (exact) mass is 328 g/mol. The highest BCUT2D eigenvalue weighted by Gasteiger charge is 2.37. The number of amides is 1. The van der Waals surface area contributed by atoms with Gasteiger partial charge in [-0.1, -0.05) is 15.9 Å². The molecule has 0 spiro atoms. The van der Waals surface area contributed by atoms with Crippen molar-refractivity contribution in [3.8, 4) is 0 Å². The van der Waals surface area contributed by atoms with Gasteiger partial charge in [0.1, 0.15) is 6.04 Å². The first kappa shape index (κ1) is 13.8. The first-order chi connectivity index (χ1) is 8.90. The second kappa shape index (κ2) is 5.18. The topological polar surface area (TPSA) is 104 Å². The average Bonchev–Trinajstić information content (AvgIpc) is 2.70. The van der Waals surface area contributed by atoms with Crippen LogP contribution in [-0.4, -0.2) is 40.8 Å². The number of aliphatic hydroxyl groups is 1. The number of β-amino-alcohol motifs (C(OH)–C–C–N with tert-alkyl or cyclic N) is 1. The van der Waals surface area contributed by atoms with Crippen LogP contribution < -0.4 is 10.6 Å². The number of aliphatic carboxylic acids is 1. The number of nitrogens with two attached hydrogens (primary N) is 1. The largest absolute Gasteiger partial charge is 0.480 e. The zero-order chi connectivity index (χ0) is 14.2. The molecule has 1 aliphatic heterocycles. The van der Waals surface area contributed by atoms with Crippen molar-refractivity contribution < 1.29 is 19.8 Å². The number of hydrogen-bond acceptors (Lipinski definition) is 4. The molecule has 2 unspecified atom stereocenters. The van der Waals surface area contributed by atoms with E-state index in [4.69, 9.17) is 5.73 Å². The minimum absolute atomic E-state index is 0.125. The maximum Gasteiger partial charge on any atom is 0.326 e. The van der Waals surface area contributed by atoms with Gasteiger partial charge in [0, 0.05) is 17.4 Å². The molecule has 102 valence electrons. The van der Waals surface area contributed by atoms with Crippen LogP contribution in [0, 0.1) is 0 Å². The minimum atomic E-state index is -1.04. The summed E-state index contributed by atoms with van der Waals surface area (Å²) in [6.45, 7) is 0.160. The number of nitrogens with zero attached hydrogens (tertiary/aromatic N) is 1. The van der Waals surface area contributed by atoms with E-state index < -0.39 is 24.0 Å². The van der Waals surface area contributed by atoms with Gasteiger partial charge in [-0.05, 0) is 18.2 Å². The molecule has 2 atom stereocenters. The Balaban J connectivity index is 2.47. The summed E-state index contributed by atoms with van der Waals surface area (Å²) in [7, 11) is 0. The van der Waals surface area contributed by atoms with E-state index >= 15 is 0 Å².